The van der Waals surface area contributed by atoms with Gasteiger partial charge in [-0.15, -0.1) is 0 Å². The zero-order valence-corrected chi connectivity index (χ0v) is 12.7. The Morgan fingerprint density at radius 3 is 2.06 bits per heavy atom. The molecule has 0 aliphatic rings. The second-order valence-electron chi connectivity index (χ2n) is 5.60. The van der Waals surface area contributed by atoms with Gasteiger partial charge in [0, 0.05) is 0 Å². The predicted molar refractivity (Wildman–Crippen MR) is 82.2 cm³/mol. The monoisotopic (exact) mass is 245 g/mol. The lowest BCUT2D eigenvalue weighted by molar-refractivity contribution is 0.616. The third-order valence-corrected chi connectivity index (χ3v) is 4.29. The molecule has 0 aliphatic heterocycles. The van der Waals surface area contributed by atoms with E-state index < -0.39 is 0 Å². The molecule has 1 aromatic carbocycles. The van der Waals surface area contributed by atoms with Crippen LogP contribution >= 0.6 is 0 Å². The number of aryl methyl sites for hydroxylation is 2. The van der Waals surface area contributed by atoms with Gasteiger partial charge in [-0.25, -0.2) is 0 Å². The Bertz CT molecular complexity index is 374. The molecule has 0 N–H and O–H groups in total. The minimum absolute atomic E-state index is 1.09. The van der Waals surface area contributed by atoms with Crippen LogP contribution in [0.3, 0.4) is 0 Å². The maximum atomic E-state index is 3.89. The van der Waals surface area contributed by atoms with Gasteiger partial charge >= 0.3 is 0 Å². The van der Waals surface area contributed by atoms with Crippen LogP contribution in [0.1, 0.15) is 66.3 Å². The van der Waals surface area contributed by atoms with Crippen molar-refractivity contribution in [2.75, 3.05) is 0 Å². The zero-order chi connectivity index (χ0) is 13.5. The number of hydrogen-bond donors (Lipinski definition) is 0. The molecule has 0 saturated heterocycles. The maximum Gasteiger partial charge on any atom is -0.0276 e. The average Bonchev–Trinajstić information content (AvgIpc) is 2.37. The second kappa shape index (κ2) is 7.61. The number of hydrogen-bond acceptors (Lipinski definition) is 0. The Labute approximate surface area is 114 Å². The first-order chi connectivity index (χ1) is 8.57. The molecule has 1 rings (SSSR count). The van der Waals surface area contributed by atoms with Gasteiger partial charge in [0.25, 0.3) is 0 Å². The van der Waals surface area contributed by atoms with Crippen molar-refractivity contribution in [2.45, 2.75) is 72.6 Å². The van der Waals surface area contributed by atoms with E-state index in [2.05, 4.69) is 40.7 Å². The molecular weight excluding hydrogens is 216 g/mol. The Kier molecular flexibility index (Phi) is 6.46. The van der Waals surface area contributed by atoms with E-state index in [4.69, 9.17) is 0 Å². The first-order valence-corrected chi connectivity index (χ1v) is 7.43. The summed E-state index contributed by atoms with van der Waals surface area (Å²) in [5.74, 6) is 0. The summed E-state index contributed by atoms with van der Waals surface area (Å²) < 4.78 is 0. The second-order valence-corrected chi connectivity index (χ2v) is 5.60. The number of unbranched alkanes of at least 4 members (excludes halogenated alkanes) is 5. The van der Waals surface area contributed by atoms with Crippen LogP contribution in [-0.4, -0.2) is 0 Å². The Morgan fingerprint density at radius 1 is 0.778 bits per heavy atom. The summed E-state index contributed by atoms with van der Waals surface area (Å²) >= 11 is 0. The fourth-order valence-corrected chi connectivity index (χ4v) is 2.58. The fraction of sp³-hybridized carbons (Fsp3) is 0.611. The van der Waals surface area contributed by atoms with Gasteiger partial charge in [0.05, 0.1) is 0 Å². The molecule has 0 aromatic heterocycles. The van der Waals surface area contributed by atoms with E-state index in [1.54, 1.807) is 5.56 Å². The van der Waals surface area contributed by atoms with Gasteiger partial charge in [-0.05, 0) is 68.4 Å². The van der Waals surface area contributed by atoms with Crippen molar-refractivity contribution < 1.29 is 0 Å². The van der Waals surface area contributed by atoms with E-state index in [9.17, 15) is 0 Å². The van der Waals surface area contributed by atoms with Crippen LogP contribution in [0.4, 0.5) is 0 Å². The summed E-state index contributed by atoms with van der Waals surface area (Å²) in [5, 5.41) is 0. The van der Waals surface area contributed by atoms with Crippen LogP contribution in [0, 0.1) is 34.6 Å². The van der Waals surface area contributed by atoms with Gasteiger partial charge in [-0.1, -0.05) is 45.1 Å². The molecule has 101 valence electrons. The highest BCUT2D eigenvalue weighted by Crippen LogP contribution is 2.22. The van der Waals surface area contributed by atoms with Gasteiger partial charge in [0.15, 0.2) is 0 Å². The summed E-state index contributed by atoms with van der Waals surface area (Å²) in [6.07, 6.45) is 9.06. The molecule has 0 bridgehead atoms. The fourth-order valence-electron chi connectivity index (χ4n) is 2.58. The highest BCUT2D eigenvalue weighted by atomic mass is 14.1. The standard InChI is InChI=1S/C18H29/c1-6-7-8-9-10-11-12-18-13-14(2)15(3)16(4)17(18)5/h13H,1,6-12H2,2-5H3. The van der Waals surface area contributed by atoms with Crippen LogP contribution in [0.2, 0.25) is 0 Å². The first kappa shape index (κ1) is 15.3. The number of benzene rings is 1. The van der Waals surface area contributed by atoms with E-state index in [1.807, 2.05) is 0 Å². The third-order valence-electron chi connectivity index (χ3n) is 4.29. The molecule has 1 aromatic rings. The van der Waals surface area contributed by atoms with Crippen LogP contribution in [-0.2, 0) is 6.42 Å². The third kappa shape index (κ3) is 4.15. The molecule has 0 atom stereocenters. The van der Waals surface area contributed by atoms with Crippen LogP contribution < -0.4 is 0 Å². The smallest absolute Gasteiger partial charge is 0.0276 e. The van der Waals surface area contributed by atoms with E-state index in [1.165, 1.54) is 60.8 Å². The molecule has 0 spiro atoms. The van der Waals surface area contributed by atoms with Crippen LogP contribution in [0.25, 0.3) is 0 Å². The van der Waals surface area contributed by atoms with Crippen molar-refractivity contribution in [2.24, 2.45) is 0 Å². The Morgan fingerprint density at radius 2 is 1.39 bits per heavy atom. The molecular formula is C18H29. The Balaban J connectivity index is 2.48. The van der Waals surface area contributed by atoms with E-state index >= 15 is 0 Å². The molecule has 0 nitrogen and oxygen atoms in total. The molecule has 0 heterocycles. The maximum absolute atomic E-state index is 3.89. The van der Waals surface area contributed by atoms with Gasteiger partial charge in [0.1, 0.15) is 0 Å². The molecule has 1 radical (unpaired) electrons. The average molecular weight is 245 g/mol. The summed E-state index contributed by atoms with van der Waals surface area (Å²) in [7, 11) is 0. The lowest BCUT2D eigenvalue weighted by Gasteiger charge is -2.14. The minimum atomic E-state index is 1.09. The van der Waals surface area contributed by atoms with Crippen molar-refractivity contribution in [1.82, 2.24) is 0 Å². The van der Waals surface area contributed by atoms with E-state index in [0.717, 1.165) is 6.42 Å². The SMILES string of the molecule is [CH2]CCCCCCCc1cc(C)c(C)c(C)c1C. The van der Waals surface area contributed by atoms with Gasteiger partial charge in [0.2, 0.25) is 0 Å². The summed E-state index contributed by atoms with van der Waals surface area (Å²) in [6.45, 7) is 12.9. The molecule has 0 unspecified atom stereocenters. The van der Waals surface area contributed by atoms with Crippen molar-refractivity contribution in [3.63, 3.8) is 0 Å². The van der Waals surface area contributed by atoms with Gasteiger partial charge in [-0.3, -0.25) is 0 Å². The van der Waals surface area contributed by atoms with Crippen LogP contribution in [0.5, 0.6) is 0 Å². The van der Waals surface area contributed by atoms with E-state index in [-0.39, 0.29) is 0 Å². The molecule has 18 heavy (non-hydrogen) atoms. The van der Waals surface area contributed by atoms with E-state index in [0.29, 0.717) is 0 Å². The highest BCUT2D eigenvalue weighted by molar-refractivity contribution is 5.43. The van der Waals surface area contributed by atoms with Gasteiger partial charge < -0.3 is 0 Å². The van der Waals surface area contributed by atoms with Gasteiger partial charge in [-0.2, -0.15) is 0 Å². The summed E-state index contributed by atoms with van der Waals surface area (Å²) in [4.78, 5) is 0. The molecule has 0 amide bonds. The van der Waals surface area contributed by atoms with Crippen molar-refractivity contribution in [3.8, 4) is 0 Å². The largest absolute Gasteiger partial charge is 0.0556 e. The lowest BCUT2D eigenvalue weighted by Crippen LogP contribution is -1.98. The highest BCUT2D eigenvalue weighted by Gasteiger charge is 2.06. The molecule has 0 fully saturated rings. The lowest BCUT2D eigenvalue weighted by atomic mass is 9.92. The molecule has 0 aliphatic carbocycles. The quantitative estimate of drug-likeness (QED) is 0.545. The summed E-state index contributed by atoms with van der Waals surface area (Å²) in [6, 6.07) is 2.40. The van der Waals surface area contributed by atoms with Crippen molar-refractivity contribution in [3.05, 3.63) is 40.8 Å². The predicted octanol–water partition coefficient (Wildman–Crippen LogP) is 5.64. The van der Waals surface area contributed by atoms with Crippen molar-refractivity contribution >= 4 is 0 Å². The zero-order valence-electron chi connectivity index (χ0n) is 12.7. The van der Waals surface area contributed by atoms with Crippen LogP contribution in [0.15, 0.2) is 6.07 Å². The Hall–Kier alpha value is -0.780. The molecule has 0 saturated carbocycles. The topological polar surface area (TPSA) is 0 Å². The number of rotatable bonds is 7. The normalized spacial score (nSPS) is 10.9. The summed E-state index contributed by atoms with van der Waals surface area (Å²) in [5.41, 5.74) is 7.47. The minimum Gasteiger partial charge on any atom is -0.0556 e. The van der Waals surface area contributed by atoms with Crippen molar-refractivity contribution in [1.29, 1.82) is 0 Å². The molecule has 0 heteroatoms. The first-order valence-electron chi connectivity index (χ1n) is 7.43.